The number of fused-ring (bicyclic) bond motifs is 1. The van der Waals surface area contributed by atoms with Crippen LogP contribution in [0.15, 0.2) is 12.4 Å². The van der Waals surface area contributed by atoms with Crippen LogP contribution in [0.1, 0.15) is 85.8 Å². The number of hydrogen-bond donors (Lipinski definition) is 1. The second-order valence-corrected chi connectivity index (χ2v) is 12.0. The Morgan fingerprint density at radius 2 is 1.71 bits per heavy atom. The van der Waals surface area contributed by atoms with Crippen LogP contribution in [0.4, 0.5) is 13.2 Å². The summed E-state index contributed by atoms with van der Waals surface area (Å²) in [5, 5.41) is 3.59. The van der Waals surface area contributed by atoms with Gasteiger partial charge in [-0.2, -0.15) is 13.2 Å². The number of aromatic nitrogens is 2. The molecule has 1 N–H and O–H groups in total. The molecular weight excluding hydrogens is 535 g/mol. The van der Waals surface area contributed by atoms with Crippen LogP contribution in [-0.4, -0.2) is 103 Å². The maximum absolute atomic E-state index is 12.7. The van der Waals surface area contributed by atoms with E-state index in [1.807, 2.05) is 27.7 Å². The number of nitrogens with one attached hydrogen (secondary N) is 1. The van der Waals surface area contributed by atoms with E-state index in [4.69, 9.17) is 14.2 Å². The molecule has 4 heterocycles. The Morgan fingerprint density at radius 1 is 1.02 bits per heavy atom. The third-order valence-corrected chi connectivity index (χ3v) is 7.72. The fourth-order valence-electron chi connectivity index (χ4n) is 5.97. The van der Waals surface area contributed by atoms with Crippen molar-refractivity contribution in [3.05, 3.63) is 18.1 Å². The molecular formula is C30H54F3N5O3. The summed E-state index contributed by atoms with van der Waals surface area (Å²) in [6.45, 7) is 17.3. The molecule has 1 aromatic rings. The minimum atomic E-state index is -4.49. The van der Waals surface area contributed by atoms with Crippen LogP contribution >= 0.6 is 0 Å². The number of hydrogen-bond acceptors (Lipinski definition) is 8. The zero-order valence-electron chi connectivity index (χ0n) is 26.5. The number of rotatable bonds is 11. The first-order valence-corrected chi connectivity index (χ1v) is 15.3. The van der Waals surface area contributed by atoms with Crippen LogP contribution < -0.4 is 10.1 Å². The molecule has 3 aliphatic rings. The molecule has 3 fully saturated rings. The highest BCUT2D eigenvalue weighted by molar-refractivity contribution is 5.16. The first-order chi connectivity index (χ1) is 19.3. The van der Waals surface area contributed by atoms with Gasteiger partial charge in [-0.15, -0.1) is 0 Å². The average Bonchev–Trinajstić information content (AvgIpc) is 3.62. The molecule has 238 valence electrons. The van der Waals surface area contributed by atoms with Crippen molar-refractivity contribution >= 4 is 0 Å². The number of nitrogens with zero attached hydrogens (tertiary/aromatic N) is 4. The van der Waals surface area contributed by atoms with E-state index in [0.717, 1.165) is 64.3 Å². The van der Waals surface area contributed by atoms with Gasteiger partial charge in [-0.3, -0.25) is 4.90 Å². The van der Waals surface area contributed by atoms with Crippen LogP contribution in [-0.2, 0) is 15.7 Å². The molecule has 0 amide bonds. The van der Waals surface area contributed by atoms with Crippen molar-refractivity contribution in [1.82, 2.24) is 25.1 Å². The standard InChI is InChI=1S/C17H24F3N3O2.C11H24N2O.C2H6/c1-12(2)25-10-16-5-3-7-23(16)13(4-6-16)9-24-15-8-14(17(18,19)20)21-11-22-15;1-10(2)14-9-11(8-13(3)4)6-5-7-12-11;1-2/h8,11-13H,3-7,9-10H2,1-2H3;10,12H,5-9H2,1-4H3;1-2H3. The van der Waals surface area contributed by atoms with E-state index in [0.29, 0.717) is 19.3 Å². The number of alkyl halides is 3. The van der Waals surface area contributed by atoms with E-state index >= 15 is 0 Å². The Kier molecular flexibility index (Phi) is 14.2. The zero-order valence-corrected chi connectivity index (χ0v) is 26.5. The van der Waals surface area contributed by atoms with Gasteiger partial charge < -0.3 is 24.4 Å². The fraction of sp³-hybridized carbons (Fsp3) is 0.867. The van der Waals surface area contributed by atoms with Crippen LogP contribution in [0.25, 0.3) is 0 Å². The summed E-state index contributed by atoms with van der Waals surface area (Å²) in [7, 11) is 4.24. The lowest BCUT2D eigenvalue weighted by Gasteiger charge is -2.35. The van der Waals surface area contributed by atoms with Crippen LogP contribution in [0, 0.1) is 0 Å². The summed E-state index contributed by atoms with van der Waals surface area (Å²) in [6, 6.07) is 1.04. The van der Waals surface area contributed by atoms with Gasteiger partial charge in [-0.05, 0) is 93.4 Å². The van der Waals surface area contributed by atoms with Crippen molar-refractivity contribution in [3.63, 3.8) is 0 Å². The second kappa shape index (κ2) is 16.4. The maximum atomic E-state index is 12.7. The van der Waals surface area contributed by atoms with Crippen molar-refractivity contribution in [3.8, 4) is 5.88 Å². The quantitative estimate of drug-likeness (QED) is 0.367. The largest absolute Gasteiger partial charge is 0.476 e. The van der Waals surface area contributed by atoms with E-state index in [-0.39, 0.29) is 29.1 Å². The van der Waals surface area contributed by atoms with Gasteiger partial charge in [0.05, 0.1) is 31.0 Å². The number of halogens is 3. The van der Waals surface area contributed by atoms with Gasteiger partial charge >= 0.3 is 6.18 Å². The van der Waals surface area contributed by atoms with E-state index < -0.39 is 11.9 Å². The Morgan fingerprint density at radius 3 is 2.29 bits per heavy atom. The minimum Gasteiger partial charge on any atom is -0.476 e. The molecule has 3 saturated heterocycles. The molecule has 1 aromatic heterocycles. The highest BCUT2D eigenvalue weighted by Gasteiger charge is 2.49. The van der Waals surface area contributed by atoms with E-state index in [2.05, 4.69) is 53.0 Å². The predicted octanol–water partition coefficient (Wildman–Crippen LogP) is 5.42. The molecule has 3 atom stereocenters. The SMILES string of the molecule is CC.CC(C)OCC1(CN(C)C)CCCN1.CC(C)OCC12CCCN1C(COc1cc(C(F)(F)F)ncn1)CC2. The number of ether oxygens (including phenoxy) is 3. The Bertz CT molecular complexity index is 881. The van der Waals surface area contributed by atoms with Crippen LogP contribution in [0.5, 0.6) is 5.88 Å². The summed E-state index contributed by atoms with van der Waals surface area (Å²) in [4.78, 5) is 11.7. The molecule has 3 unspecified atom stereocenters. The van der Waals surface area contributed by atoms with Gasteiger partial charge in [0.1, 0.15) is 12.9 Å². The van der Waals surface area contributed by atoms with Gasteiger partial charge in [0.2, 0.25) is 5.88 Å². The molecule has 0 bridgehead atoms. The highest BCUT2D eigenvalue weighted by Crippen LogP contribution is 2.43. The smallest absolute Gasteiger partial charge is 0.433 e. The Labute approximate surface area is 245 Å². The molecule has 4 rings (SSSR count). The molecule has 0 aliphatic carbocycles. The summed E-state index contributed by atoms with van der Waals surface area (Å²) >= 11 is 0. The van der Waals surface area contributed by atoms with E-state index in [1.54, 1.807) is 0 Å². The maximum Gasteiger partial charge on any atom is 0.433 e. The van der Waals surface area contributed by atoms with Gasteiger partial charge in [0.25, 0.3) is 0 Å². The molecule has 3 aliphatic heterocycles. The predicted molar refractivity (Wildman–Crippen MR) is 156 cm³/mol. The normalized spacial score (nSPS) is 26.1. The lowest BCUT2D eigenvalue weighted by atomic mass is 9.95. The van der Waals surface area contributed by atoms with Crippen molar-refractivity contribution in [2.24, 2.45) is 0 Å². The van der Waals surface area contributed by atoms with Crippen LogP contribution in [0.2, 0.25) is 0 Å². The Balaban J connectivity index is 0.000000312. The van der Waals surface area contributed by atoms with Gasteiger partial charge in [0.15, 0.2) is 5.69 Å². The van der Waals surface area contributed by atoms with Crippen LogP contribution in [0.3, 0.4) is 0 Å². The van der Waals surface area contributed by atoms with Crippen molar-refractivity contribution < 1.29 is 27.4 Å². The lowest BCUT2D eigenvalue weighted by Crippen LogP contribution is -2.52. The molecule has 0 radical (unpaired) electrons. The molecule has 0 saturated carbocycles. The highest BCUT2D eigenvalue weighted by atomic mass is 19.4. The fourth-order valence-corrected chi connectivity index (χ4v) is 5.97. The molecule has 0 aromatic carbocycles. The molecule has 8 nitrogen and oxygen atoms in total. The number of likely N-dealkylation sites (N-methyl/N-ethyl adjacent to an activating group) is 1. The van der Waals surface area contributed by atoms with Gasteiger partial charge in [-0.1, -0.05) is 13.8 Å². The first kappa shape index (κ1) is 35.7. The Hall–Kier alpha value is -1.53. The van der Waals surface area contributed by atoms with Gasteiger partial charge in [0, 0.05) is 24.2 Å². The van der Waals surface area contributed by atoms with Gasteiger partial charge in [-0.25, -0.2) is 9.97 Å². The summed E-state index contributed by atoms with van der Waals surface area (Å²) < 4.78 is 55.3. The average molecular weight is 590 g/mol. The molecule has 41 heavy (non-hydrogen) atoms. The molecule has 0 spiro atoms. The second-order valence-electron chi connectivity index (χ2n) is 12.0. The molecule has 11 heteroatoms. The summed E-state index contributed by atoms with van der Waals surface area (Å²) in [5.74, 6) is -0.0301. The van der Waals surface area contributed by atoms with Crippen molar-refractivity contribution in [2.45, 2.75) is 116 Å². The summed E-state index contributed by atoms with van der Waals surface area (Å²) in [6.07, 6.45) is 3.63. The minimum absolute atomic E-state index is 0.0301. The third kappa shape index (κ3) is 10.9. The third-order valence-electron chi connectivity index (χ3n) is 7.72. The lowest BCUT2D eigenvalue weighted by molar-refractivity contribution is -0.141. The van der Waals surface area contributed by atoms with Crippen molar-refractivity contribution in [2.75, 3.05) is 53.6 Å². The van der Waals surface area contributed by atoms with Crippen molar-refractivity contribution in [1.29, 1.82) is 0 Å². The first-order valence-electron chi connectivity index (χ1n) is 15.3. The van der Waals surface area contributed by atoms with E-state index in [1.165, 1.54) is 12.8 Å². The van der Waals surface area contributed by atoms with E-state index in [9.17, 15) is 13.2 Å². The monoisotopic (exact) mass is 589 g/mol. The summed E-state index contributed by atoms with van der Waals surface area (Å²) in [5.41, 5.74) is -0.723. The topological polar surface area (TPSA) is 72.0 Å². The zero-order chi connectivity index (χ0) is 30.7.